The van der Waals surface area contributed by atoms with Crippen LogP contribution in [0.2, 0.25) is 5.02 Å². The lowest BCUT2D eigenvalue weighted by Gasteiger charge is -2.20. The maximum Gasteiger partial charge on any atom is 0.278 e. The van der Waals surface area contributed by atoms with Crippen LogP contribution in [0.3, 0.4) is 0 Å². The third-order valence-corrected chi connectivity index (χ3v) is 5.62. The van der Waals surface area contributed by atoms with Crippen molar-refractivity contribution in [1.82, 2.24) is 4.98 Å². The number of para-hydroxylation sites is 2. The second-order valence-electron chi connectivity index (χ2n) is 6.03. The van der Waals surface area contributed by atoms with Gasteiger partial charge in [0.2, 0.25) is 0 Å². The van der Waals surface area contributed by atoms with Crippen molar-refractivity contribution in [3.05, 3.63) is 89.4 Å². The molecule has 0 fully saturated rings. The van der Waals surface area contributed by atoms with Crippen molar-refractivity contribution in [1.29, 1.82) is 0 Å². The van der Waals surface area contributed by atoms with E-state index >= 15 is 0 Å². The third kappa shape index (κ3) is 3.31. The van der Waals surface area contributed by atoms with E-state index in [0.29, 0.717) is 5.02 Å². The summed E-state index contributed by atoms with van der Waals surface area (Å²) in [4.78, 5) is 4.79. The lowest BCUT2D eigenvalue weighted by molar-refractivity contribution is -0.545. The minimum atomic E-state index is 0. The summed E-state index contributed by atoms with van der Waals surface area (Å²) < 4.78 is 1.14. The maximum absolute atomic E-state index is 6.41. The number of rotatable bonds is 3. The van der Waals surface area contributed by atoms with Crippen molar-refractivity contribution in [3.8, 4) is 0 Å². The summed E-state index contributed by atoms with van der Waals surface area (Å²) >= 11 is 8.04. The fraction of sp³-hybridized carbons (Fsp3) is 0. The summed E-state index contributed by atoms with van der Waals surface area (Å²) in [5, 5.41) is 10.2. The predicted molar refractivity (Wildman–Crippen MR) is 111 cm³/mol. The van der Waals surface area contributed by atoms with Crippen LogP contribution in [0.5, 0.6) is 0 Å². The molecule has 0 atom stereocenters. The fourth-order valence-corrected chi connectivity index (χ4v) is 4.14. The number of nitrogens with two attached hydrogens (primary N) is 1. The van der Waals surface area contributed by atoms with Crippen LogP contribution in [0.15, 0.2) is 84.0 Å². The van der Waals surface area contributed by atoms with Gasteiger partial charge in [-0.3, -0.25) is 0 Å². The summed E-state index contributed by atoms with van der Waals surface area (Å²) in [6.45, 7) is 0. The Bertz CT molecular complexity index is 1110. The SMILES string of the molecule is Clc1ccccc1C1=NN(c2ccccc2)N(c2nc3ccccc3s2)[NH2+]1.[Cl-]. The molecule has 0 bridgehead atoms. The Kier molecular flexibility index (Phi) is 5.19. The molecule has 2 heterocycles. The number of nitrogens with zero attached hydrogens (tertiary/aromatic N) is 4. The third-order valence-electron chi connectivity index (χ3n) is 4.27. The molecule has 0 saturated heterocycles. The summed E-state index contributed by atoms with van der Waals surface area (Å²) in [6.07, 6.45) is 0. The standard InChI is InChI=1S/C20H14ClN5S.ClH/c21-16-11-5-4-10-15(16)19-23-25(14-8-2-1-3-9-14)26(24-19)20-22-17-12-6-7-13-18(17)27-20;/h1-13H,(H,23,24);1H. The maximum atomic E-state index is 6.41. The van der Waals surface area contributed by atoms with Crippen molar-refractivity contribution in [3.63, 3.8) is 0 Å². The molecule has 1 aliphatic rings. The number of hydrazone groups is 1. The number of quaternary nitrogens is 1. The zero-order chi connectivity index (χ0) is 18.2. The average Bonchev–Trinajstić information content (AvgIpc) is 3.33. The molecular formula is C20H15Cl2N5S. The Hall–Kier alpha value is -2.64. The van der Waals surface area contributed by atoms with E-state index in [2.05, 4.69) is 6.07 Å². The molecule has 0 radical (unpaired) electrons. The van der Waals surface area contributed by atoms with Crippen molar-refractivity contribution >= 4 is 49.8 Å². The van der Waals surface area contributed by atoms with Gasteiger partial charge in [0.1, 0.15) is 0 Å². The zero-order valence-corrected chi connectivity index (χ0v) is 16.9. The van der Waals surface area contributed by atoms with Gasteiger partial charge < -0.3 is 12.4 Å². The monoisotopic (exact) mass is 427 g/mol. The van der Waals surface area contributed by atoms with Crippen molar-refractivity contribution in [2.75, 3.05) is 10.2 Å². The van der Waals surface area contributed by atoms with E-state index < -0.39 is 0 Å². The molecule has 3 aromatic carbocycles. The lowest BCUT2D eigenvalue weighted by Crippen LogP contribution is -3.00. The first-order valence-corrected chi connectivity index (χ1v) is 9.67. The van der Waals surface area contributed by atoms with Gasteiger partial charge in [-0.05, 0) is 36.4 Å². The molecule has 0 aliphatic carbocycles. The Balaban J connectivity index is 0.00000192. The van der Waals surface area contributed by atoms with Crippen LogP contribution in [0.4, 0.5) is 10.8 Å². The highest BCUT2D eigenvalue weighted by molar-refractivity contribution is 7.22. The van der Waals surface area contributed by atoms with Crippen LogP contribution in [0.1, 0.15) is 5.56 Å². The van der Waals surface area contributed by atoms with Gasteiger partial charge in [-0.2, -0.15) is 5.43 Å². The molecule has 28 heavy (non-hydrogen) atoms. The number of anilines is 2. The van der Waals surface area contributed by atoms with E-state index in [4.69, 9.17) is 21.7 Å². The van der Waals surface area contributed by atoms with Gasteiger partial charge in [0, 0.05) is 0 Å². The number of thiazole rings is 1. The summed E-state index contributed by atoms with van der Waals surface area (Å²) in [7, 11) is 0. The van der Waals surface area contributed by atoms with Gasteiger partial charge in [0.05, 0.1) is 26.5 Å². The lowest BCUT2D eigenvalue weighted by atomic mass is 10.2. The highest BCUT2D eigenvalue weighted by Crippen LogP contribution is 2.30. The molecule has 0 saturated carbocycles. The Morgan fingerprint density at radius 1 is 0.857 bits per heavy atom. The molecule has 4 aromatic rings. The van der Waals surface area contributed by atoms with E-state index in [0.717, 1.165) is 32.4 Å². The van der Waals surface area contributed by atoms with Gasteiger partial charge in [-0.15, -0.1) is 5.12 Å². The smallest absolute Gasteiger partial charge is 0.278 e. The van der Waals surface area contributed by atoms with Gasteiger partial charge in [-0.25, -0.2) is 4.98 Å². The number of hydrazine groups is 1. The molecule has 1 aromatic heterocycles. The van der Waals surface area contributed by atoms with Crippen molar-refractivity contribution in [2.45, 2.75) is 0 Å². The van der Waals surface area contributed by atoms with Gasteiger partial charge in [-0.1, -0.05) is 75.6 Å². The number of aromatic nitrogens is 1. The Morgan fingerprint density at radius 2 is 1.57 bits per heavy atom. The first kappa shape index (κ1) is 18.7. The van der Waals surface area contributed by atoms with Crippen LogP contribution >= 0.6 is 22.9 Å². The second kappa shape index (κ2) is 7.77. The van der Waals surface area contributed by atoms with E-state index in [-0.39, 0.29) is 12.4 Å². The summed E-state index contributed by atoms with van der Waals surface area (Å²) in [5.41, 5.74) is 4.80. The highest BCUT2D eigenvalue weighted by Gasteiger charge is 2.34. The molecule has 8 heteroatoms. The van der Waals surface area contributed by atoms with Crippen LogP contribution < -0.4 is 28.1 Å². The predicted octanol–water partition coefficient (Wildman–Crippen LogP) is 1.04. The average molecular weight is 428 g/mol. The first-order valence-electron chi connectivity index (χ1n) is 8.48. The Labute approximate surface area is 177 Å². The van der Waals surface area contributed by atoms with E-state index in [9.17, 15) is 0 Å². The van der Waals surface area contributed by atoms with E-state index in [1.165, 1.54) is 0 Å². The first-order chi connectivity index (χ1) is 13.3. The molecule has 0 unspecified atom stereocenters. The fourth-order valence-electron chi connectivity index (χ4n) is 2.98. The van der Waals surface area contributed by atoms with Crippen LogP contribution in [0, 0.1) is 0 Å². The molecule has 2 N–H and O–H groups in total. The van der Waals surface area contributed by atoms with Crippen LogP contribution in [0.25, 0.3) is 10.2 Å². The molecule has 5 nitrogen and oxygen atoms in total. The number of benzene rings is 3. The minimum Gasteiger partial charge on any atom is -1.00 e. The quantitative estimate of drug-likeness (QED) is 0.496. The van der Waals surface area contributed by atoms with Gasteiger partial charge >= 0.3 is 0 Å². The second-order valence-corrected chi connectivity index (χ2v) is 7.44. The number of hydrogen-bond acceptors (Lipinski definition) is 5. The summed E-state index contributed by atoms with van der Waals surface area (Å²) in [6, 6.07) is 25.9. The molecule has 5 rings (SSSR count). The van der Waals surface area contributed by atoms with Crippen LogP contribution in [-0.4, -0.2) is 10.8 Å². The molecule has 0 spiro atoms. The van der Waals surface area contributed by atoms with Gasteiger partial charge in [0.15, 0.2) is 0 Å². The zero-order valence-electron chi connectivity index (χ0n) is 14.5. The molecule has 140 valence electrons. The number of amidine groups is 1. The van der Waals surface area contributed by atoms with E-state index in [1.807, 2.05) is 88.5 Å². The number of fused-ring (bicyclic) bond motifs is 1. The molecular weight excluding hydrogens is 413 g/mol. The van der Waals surface area contributed by atoms with Crippen molar-refractivity contribution in [2.24, 2.45) is 5.10 Å². The van der Waals surface area contributed by atoms with Gasteiger partial charge in [0.25, 0.3) is 11.0 Å². The molecule has 1 aliphatic heterocycles. The van der Waals surface area contributed by atoms with Crippen molar-refractivity contribution < 1.29 is 17.8 Å². The number of halogens is 2. The topological polar surface area (TPSA) is 48.3 Å². The highest BCUT2D eigenvalue weighted by atomic mass is 35.5. The van der Waals surface area contributed by atoms with Crippen LogP contribution in [-0.2, 0) is 0 Å². The largest absolute Gasteiger partial charge is 1.00 e. The molecule has 0 amide bonds. The normalized spacial score (nSPS) is 13.5. The number of hydrogen-bond donors (Lipinski definition) is 1. The summed E-state index contributed by atoms with van der Waals surface area (Å²) in [5.74, 6) is 0.795. The van der Waals surface area contributed by atoms with E-state index in [1.54, 1.807) is 11.3 Å². The minimum absolute atomic E-state index is 0. The Morgan fingerprint density at radius 3 is 2.36 bits per heavy atom.